The second-order valence-corrected chi connectivity index (χ2v) is 7.92. The Balaban J connectivity index is 2.89. The number of aliphatic hydroxyl groups is 1. The first-order chi connectivity index (χ1) is 11.3. The normalized spacial score (nSPS) is 23.8. The van der Waals surface area contributed by atoms with Crippen molar-refractivity contribution in [3.05, 3.63) is 11.6 Å². The Labute approximate surface area is 148 Å². The number of hydrogen-bond acceptors (Lipinski definition) is 6. The maximum atomic E-state index is 12.0. The molecule has 0 aromatic rings. The molecule has 0 bridgehead atoms. The number of aliphatic hydroxyl groups excluding tert-OH is 1. The van der Waals surface area contributed by atoms with Crippen LogP contribution < -0.4 is 10.6 Å². The molecule has 0 aliphatic heterocycles. The Kier molecular flexibility index (Phi) is 6.43. The number of carbonyl (C=O) groups excluding carboxylic acids is 2. The minimum Gasteiger partial charge on any atom is -0.444 e. The lowest BCUT2D eigenvalue weighted by atomic mass is 9.88. The van der Waals surface area contributed by atoms with E-state index in [-0.39, 0.29) is 6.42 Å². The third-order valence-electron chi connectivity index (χ3n) is 3.14. The number of nitrogens with one attached hydrogen (secondary N) is 2. The van der Waals surface area contributed by atoms with E-state index in [0.29, 0.717) is 5.57 Å². The molecule has 0 heterocycles. The van der Waals surface area contributed by atoms with Gasteiger partial charge >= 0.3 is 12.2 Å². The largest absolute Gasteiger partial charge is 0.444 e. The van der Waals surface area contributed by atoms with Gasteiger partial charge < -0.3 is 25.2 Å². The fraction of sp³-hybridized carbons (Fsp3) is 0.706. The van der Waals surface area contributed by atoms with E-state index in [1.54, 1.807) is 41.5 Å². The Morgan fingerprint density at radius 1 is 1.12 bits per heavy atom. The van der Waals surface area contributed by atoms with Crippen molar-refractivity contribution >= 4 is 12.2 Å². The van der Waals surface area contributed by atoms with Crippen molar-refractivity contribution in [2.24, 2.45) is 0 Å². The van der Waals surface area contributed by atoms with E-state index in [1.165, 1.54) is 6.08 Å². The van der Waals surface area contributed by atoms with Gasteiger partial charge in [0.25, 0.3) is 0 Å². The summed E-state index contributed by atoms with van der Waals surface area (Å²) in [7, 11) is 0. The summed E-state index contributed by atoms with van der Waals surface area (Å²) in [6.07, 6.45) is -1.04. The molecule has 2 amide bonds. The summed E-state index contributed by atoms with van der Waals surface area (Å²) >= 11 is 0. The minimum atomic E-state index is -1.14. The number of hydrogen-bond donors (Lipinski definition) is 3. The van der Waals surface area contributed by atoms with Crippen LogP contribution in [0, 0.1) is 11.3 Å². The van der Waals surface area contributed by atoms with E-state index in [1.807, 2.05) is 6.07 Å². The molecule has 25 heavy (non-hydrogen) atoms. The molecule has 8 heteroatoms. The molecule has 140 valence electrons. The average molecular weight is 353 g/mol. The zero-order valence-electron chi connectivity index (χ0n) is 15.5. The van der Waals surface area contributed by atoms with Crippen LogP contribution in [0.1, 0.15) is 48.0 Å². The fourth-order valence-electron chi connectivity index (χ4n) is 2.29. The Morgan fingerprint density at radius 3 is 2.04 bits per heavy atom. The van der Waals surface area contributed by atoms with Gasteiger partial charge in [0.1, 0.15) is 11.2 Å². The van der Waals surface area contributed by atoms with Gasteiger partial charge in [-0.2, -0.15) is 5.26 Å². The summed E-state index contributed by atoms with van der Waals surface area (Å²) in [6, 6.07) is 0.404. The zero-order valence-corrected chi connectivity index (χ0v) is 15.5. The molecule has 0 aromatic heterocycles. The van der Waals surface area contributed by atoms with Gasteiger partial charge in [0.2, 0.25) is 0 Å². The summed E-state index contributed by atoms with van der Waals surface area (Å²) in [4.78, 5) is 24.0. The van der Waals surface area contributed by atoms with Crippen LogP contribution in [0.2, 0.25) is 0 Å². The lowest BCUT2D eigenvalue weighted by Gasteiger charge is -2.35. The topological polar surface area (TPSA) is 121 Å². The molecule has 3 unspecified atom stereocenters. The first kappa shape index (κ1) is 20.8. The van der Waals surface area contributed by atoms with Gasteiger partial charge in [-0.15, -0.1) is 0 Å². The Bertz CT molecular complexity index is 581. The molecule has 1 aliphatic rings. The summed E-state index contributed by atoms with van der Waals surface area (Å²) in [5, 5.41) is 24.5. The highest BCUT2D eigenvalue weighted by molar-refractivity contribution is 5.70. The second kappa shape index (κ2) is 7.74. The van der Waals surface area contributed by atoms with Gasteiger partial charge in [0.05, 0.1) is 24.3 Å². The number of nitriles is 1. The molecule has 1 rings (SSSR count). The molecule has 0 radical (unpaired) electrons. The number of amides is 2. The van der Waals surface area contributed by atoms with Gasteiger partial charge in [0.15, 0.2) is 0 Å². The van der Waals surface area contributed by atoms with Gasteiger partial charge in [0, 0.05) is 12.0 Å². The summed E-state index contributed by atoms with van der Waals surface area (Å²) in [5.74, 6) is 0. The molecular weight excluding hydrogens is 326 g/mol. The number of nitrogens with zero attached hydrogens (tertiary/aromatic N) is 1. The highest BCUT2D eigenvalue weighted by Crippen LogP contribution is 2.21. The van der Waals surface area contributed by atoms with Crippen molar-refractivity contribution in [2.45, 2.75) is 77.4 Å². The number of alkyl carbamates (subject to hydrolysis) is 2. The third kappa shape index (κ3) is 7.44. The van der Waals surface area contributed by atoms with Gasteiger partial charge in [-0.3, -0.25) is 0 Å². The van der Waals surface area contributed by atoms with Crippen molar-refractivity contribution < 1.29 is 24.2 Å². The van der Waals surface area contributed by atoms with Crippen molar-refractivity contribution in [2.75, 3.05) is 0 Å². The standard InChI is InChI=1S/C17H27N3O5/c1-16(2,3)24-14(22)19-11-7-10(9-18)8-12(21)13(11)20-15(23)25-17(4,5)6/h8,11-13,21H,7H2,1-6H3,(H,19,22)(H,20,23). The maximum Gasteiger partial charge on any atom is 0.408 e. The molecule has 0 saturated carbocycles. The Morgan fingerprint density at radius 2 is 1.60 bits per heavy atom. The summed E-state index contributed by atoms with van der Waals surface area (Å²) < 4.78 is 10.4. The van der Waals surface area contributed by atoms with Crippen LogP contribution in [0.25, 0.3) is 0 Å². The smallest absolute Gasteiger partial charge is 0.408 e. The second-order valence-electron chi connectivity index (χ2n) is 7.92. The summed E-state index contributed by atoms with van der Waals surface area (Å²) in [6.45, 7) is 10.3. The number of ether oxygens (including phenoxy) is 2. The molecule has 0 saturated heterocycles. The quantitative estimate of drug-likeness (QED) is 0.698. The Hall–Kier alpha value is -2.27. The van der Waals surface area contributed by atoms with E-state index < -0.39 is 41.6 Å². The molecule has 8 nitrogen and oxygen atoms in total. The van der Waals surface area contributed by atoms with Crippen LogP contribution in [-0.2, 0) is 9.47 Å². The van der Waals surface area contributed by atoms with E-state index >= 15 is 0 Å². The molecule has 3 N–H and O–H groups in total. The third-order valence-corrected chi connectivity index (χ3v) is 3.14. The first-order valence-electron chi connectivity index (χ1n) is 8.08. The SMILES string of the molecule is CC(C)(C)OC(=O)NC1CC(C#N)=CC(O)C1NC(=O)OC(C)(C)C. The van der Waals surface area contributed by atoms with E-state index in [2.05, 4.69) is 10.6 Å². The molecule has 0 fully saturated rings. The number of rotatable bonds is 2. The minimum absolute atomic E-state index is 0.160. The van der Waals surface area contributed by atoms with Gasteiger partial charge in [-0.1, -0.05) is 0 Å². The van der Waals surface area contributed by atoms with Crippen LogP contribution in [-0.4, -0.2) is 46.7 Å². The van der Waals surface area contributed by atoms with Crippen molar-refractivity contribution in [1.82, 2.24) is 10.6 Å². The zero-order chi connectivity index (χ0) is 19.4. The lowest BCUT2D eigenvalue weighted by molar-refractivity contribution is 0.0350. The van der Waals surface area contributed by atoms with Crippen LogP contribution in [0.4, 0.5) is 9.59 Å². The van der Waals surface area contributed by atoms with Crippen LogP contribution >= 0.6 is 0 Å². The first-order valence-corrected chi connectivity index (χ1v) is 8.08. The van der Waals surface area contributed by atoms with E-state index in [9.17, 15) is 14.7 Å². The van der Waals surface area contributed by atoms with Crippen LogP contribution in [0.5, 0.6) is 0 Å². The predicted octanol–water partition coefficient (Wildman–Crippen LogP) is 1.99. The average Bonchev–Trinajstić information content (AvgIpc) is 2.37. The lowest BCUT2D eigenvalue weighted by Crippen LogP contribution is -2.59. The van der Waals surface area contributed by atoms with Crippen molar-refractivity contribution in [3.63, 3.8) is 0 Å². The highest BCUT2D eigenvalue weighted by Gasteiger charge is 2.36. The summed E-state index contributed by atoms with van der Waals surface area (Å²) in [5.41, 5.74) is -1.08. The highest BCUT2D eigenvalue weighted by atomic mass is 16.6. The monoisotopic (exact) mass is 353 g/mol. The van der Waals surface area contributed by atoms with Gasteiger partial charge in [-0.25, -0.2) is 9.59 Å². The predicted molar refractivity (Wildman–Crippen MR) is 90.6 cm³/mol. The molecule has 1 aliphatic carbocycles. The van der Waals surface area contributed by atoms with Crippen molar-refractivity contribution in [3.8, 4) is 6.07 Å². The maximum absolute atomic E-state index is 12.0. The number of carbonyl (C=O) groups is 2. The van der Waals surface area contributed by atoms with Gasteiger partial charge in [-0.05, 0) is 47.6 Å². The molecule has 3 atom stereocenters. The van der Waals surface area contributed by atoms with Crippen molar-refractivity contribution in [1.29, 1.82) is 5.26 Å². The molecular formula is C17H27N3O5. The van der Waals surface area contributed by atoms with Crippen LogP contribution in [0.15, 0.2) is 11.6 Å². The molecule has 0 spiro atoms. The molecule has 0 aromatic carbocycles. The van der Waals surface area contributed by atoms with E-state index in [0.717, 1.165) is 0 Å². The van der Waals surface area contributed by atoms with Crippen LogP contribution in [0.3, 0.4) is 0 Å². The van der Waals surface area contributed by atoms with E-state index in [4.69, 9.17) is 14.7 Å². The fourth-order valence-corrected chi connectivity index (χ4v) is 2.29.